The number of aromatic amines is 1. The van der Waals surface area contributed by atoms with Gasteiger partial charge >= 0.3 is 5.97 Å². The van der Waals surface area contributed by atoms with Crippen LogP contribution in [0.5, 0.6) is 5.75 Å². The maximum Gasteiger partial charge on any atom is 0.311 e. The first kappa shape index (κ1) is 16.6. The van der Waals surface area contributed by atoms with Gasteiger partial charge in [0, 0.05) is 23.7 Å². The molecule has 0 saturated carbocycles. The highest BCUT2D eigenvalue weighted by Crippen LogP contribution is 2.21. The Labute approximate surface area is 145 Å². The van der Waals surface area contributed by atoms with Crippen LogP contribution in [0, 0.1) is 6.92 Å². The smallest absolute Gasteiger partial charge is 0.311 e. The molecule has 0 amide bonds. The third-order valence-electron chi connectivity index (χ3n) is 3.67. The lowest BCUT2D eigenvalue weighted by atomic mass is 10.1. The maximum absolute atomic E-state index is 12.0. The molecule has 0 aliphatic heterocycles. The van der Waals surface area contributed by atoms with Crippen LogP contribution in [-0.4, -0.2) is 15.9 Å². The lowest BCUT2D eigenvalue weighted by molar-refractivity contribution is -0.134. The van der Waals surface area contributed by atoms with Crippen LogP contribution in [0.2, 0.25) is 0 Å². The number of aryl methyl sites for hydroxylation is 2. The van der Waals surface area contributed by atoms with Crippen LogP contribution in [0.4, 0.5) is 0 Å². The molecule has 1 N–H and O–H groups in total. The van der Waals surface area contributed by atoms with E-state index in [0.717, 1.165) is 5.56 Å². The molecule has 5 nitrogen and oxygen atoms in total. The molecule has 126 valence electrons. The lowest BCUT2D eigenvalue weighted by Gasteiger charge is -2.07. The van der Waals surface area contributed by atoms with E-state index in [1.54, 1.807) is 31.2 Å². The van der Waals surface area contributed by atoms with Crippen molar-refractivity contribution < 1.29 is 9.53 Å². The highest BCUT2D eigenvalue weighted by Gasteiger charge is 2.08. The van der Waals surface area contributed by atoms with E-state index >= 15 is 0 Å². The third kappa shape index (κ3) is 4.64. The Morgan fingerprint density at radius 2 is 1.88 bits per heavy atom. The van der Waals surface area contributed by atoms with Crippen molar-refractivity contribution in [2.45, 2.75) is 19.8 Å². The van der Waals surface area contributed by atoms with Gasteiger partial charge in [-0.2, -0.15) is 0 Å². The quantitative estimate of drug-likeness (QED) is 0.574. The summed E-state index contributed by atoms with van der Waals surface area (Å²) in [5, 5.41) is 0. The SMILES string of the molecule is Cc1cc(=O)[nH]c(-c2cccc(OC(=O)CCc3ccccc3)c2)n1. The van der Waals surface area contributed by atoms with E-state index in [0.29, 0.717) is 35.7 Å². The Morgan fingerprint density at radius 1 is 1.08 bits per heavy atom. The first-order valence-corrected chi connectivity index (χ1v) is 8.03. The number of nitrogens with zero attached hydrogens (tertiary/aromatic N) is 1. The molecule has 25 heavy (non-hydrogen) atoms. The van der Waals surface area contributed by atoms with Gasteiger partial charge in [-0.1, -0.05) is 42.5 Å². The fourth-order valence-corrected chi connectivity index (χ4v) is 2.50. The number of aromatic nitrogens is 2. The van der Waals surface area contributed by atoms with Crippen LogP contribution < -0.4 is 10.3 Å². The molecule has 0 fully saturated rings. The predicted octanol–water partition coefficient (Wildman–Crippen LogP) is 3.28. The molecular formula is C20H18N2O3. The molecule has 0 radical (unpaired) electrons. The van der Waals surface area contributed by atoms with Gasteiger partial charge in [-0.25, -0.2) is 4.98 Å². The van der Waals surface area contributed by atoms with Gasteiger partial charge < -0.3 is 9.72 Å². The molecule has 3 aromatic rings. The van der Waals surface area contributed by atoms with Crippen LogP contribution in [-0.2, 0) is 11.2 Å². The van der Waals surface area contributed by atoms with Crippen molar-refractivity contribution in [3.05, 3.63) is 82.3 Å². The average molecular weight is 334 g/mol. The van der Waals surface area contributed by atoms with Gasteiger partial charge in [0.25, 0.3) is 5.56 Å². The summed E-state index contributed by atoms with van der Waals surface area (Å²) in [6.45, 7) is 1.76. The van der Waals surface area contributed by atoms with Crippen molar-refractivity contribution in [3.63, 3.8) is 0 Å². The van der Waals surface area contributed by atoms with Crippen LogP contribution in [0.3, 0.4) is 0 Å². The molecule has 3 rings (SSSR count). The summed E-state index contributed by atoms with van der Waals surface area (Å²) < 4.78 is 5.40. The Kier molecular flexibility index (Phi) is 5.04. The summed E-state index contributed by atoms with van der Waals surface area (Å²) in [5.74, 6) is 0.582. The number of hydrogen-bond donors (Lipinski definition) is 1. The van der Waals surface area contributed by atoms with Gasteiger partial charge in [-0.05, 0) is 31.0 Å². The summed E-state index contributed by atoms with van der Waals surface area (Å²) in [6.07, 6.45) is 0.930. The van der Waals surface area contributed by atoms with E-state index in [9.17, 15) is 9.59 Å². The number of carbonyl (C=O) groups is 1. The van der Waals surface area contributed by atoms with Crippen molar-refractivity contribution in [1.82, 2.24) is 9.97 Å². The first-order chi connectivity index (χ1) is 12.1. The molecule has 0 aliphatic carbocycles. The van der Waals surface area contributed by atoms with Crippen molar-refractivity contribution in [2.24, 2.45) is 0 Å². The van der Waals surface area contributed by atoms with E-state index in [1.165, 1.54) is 6.07 Å². The molecule has 1 heterocycles. The predicted molar refractivity (Wildman–Crippen MR) is 95.4 cm³/mol. The second-order valence-corrected chi connectivity index (χ2v) is 5.72. The van der Waals surface area contributed by atoms with Crippen LogP contribution in [0.15, 0.2) is 65.5 Å². The van der Waals surface area contributed by atoms with Crippen molar-refractivity contribution in [1.29, 1.82) is 0 Å². The monoisotopic (exact) mass is 334 g/mol. The number of hydrogen-bond acceptors (Lipinski definition) is 4. The number of H-pyrrole nitrogens is 1. The van der Waals surface area contributed by atoms with Gasteiger partial charge in [0.1, 0.15) is 11.6 Å². The molecule has 1 aromatic heterocycles. The highest BCUT2D eigenvalue weighted by atomic mass is 16.5. The molecule has 0 atom stereocenters. The summed E-state index contributed by atoms with van der Waals surface area (Å²) in [4.78, 5) is 30.6. The largest absolute Gasteiger partial charge is 0.426 e. The molecule has 2 aromatic carbocycles. The Hall–Kier alpha value is -3.21. The zero-order valence-corrected chi connectivity index (χ0v) is 13.9. The topological polar surface area (TPSA) is 72.1 Å². The summed E-state index contributed by atoms with van der Waals surface area (Å²) in [5.41, 5.74) is 2.20. The molecule has 0 saturated heterocycles. The Bertz CT molecular complexity index is 933. The first-order valence-electron chi connectivity index (χ1n) is 8.03. The van der Waals surface area contributed by atoms with Gasteiger partial charge in [0.2, 0.25) is 0 Å². The summed E-state index contributed by atoms with van der Waals surface area (Å²) in [6, 6.07) is 18.2. The minimum atomic E-state index is -0.299. The van der Waals surface area contributed by atoms with Crippen molar-refractivity contribution in [3.8, 4) is 17.1 Å². The van der Waals surface area contributed by atoms with Gasteiger partial charge in [0.15, 0.2) is 0 Å². The number of benzene rings is 2. The molecule has 0 aliphatic rings. The van der Waals surface area contributed by atoms with E-state index in [1.807, 2.05) is 30.3 Å². The minimum Gasteiger partial charge on any atom is -0.426 e. The maximum atomic E-state index is 12.0. The van der Waals surface area contributed by atoms with Crippen LogP contribution in [0.25, 0.3) is 11.4 Å². The number of esters is 1. The number of nitrogens with one attached hydrogen (secondary N) is 1. The summed E-state index contributed by atoms with van der Waals surface area (Å²) >= 11 is 0. The normalized spacial score (nSPS) is 10.4. The van der Waals surface area contributed by atoms with Crippen LogP contribution >= 0.6 is 0 Å². The average Bonchev–Trinajstić information content (AvgIpc) is 2.60. The zero-order chi connectivity index (χ0) is 17.6. The number of rotatable bonds is 5. The fourth-order valence-electron chi connectivity index (χ4n) is 2.50. The summed E-state index contributed by atoms with van der Waals surface area (Å²) in [7, 11) is 0. The van der Waals surface area contributed by atoms with Crippen molar-refractivity contribution >= 4 is 5.97 Å². The second kappa shape index (κ2) is 7.57. The van der Waals surface area contributed by atoms with Gasteiger partial charge in [0.05, 0.1) is 0 Å². The van der Waals surface area contributed by atoms with E-state index in [2.05, 4.69) is 9.97 Å². The fraction of sp³-hybridized carbons (Fsp3) is 0.150. The molecule has 0 bridgehead atoms. The standard InChI is InChI=1S/C20H18N2O3/c1-14-12-18(23)22-20(21-14)16-8-5-9-17(13-16)25-19(24)11-10-15-6-3-2-4-7-15/h2-9,12-13H,10-11H2,1H3,(H,21,22,23). The second-order valence-electron chi connectivity index (χ2n) is 5.72. The van der Waals surface area contributed by atoms with E-state index < -0.39 is 0 Å². The molecular weight excluding hydrogens is 316 g/mol. The highest BCUT2D eigenvalue weighted by molar-refractivity contribution is 5.73. The van der Waals surface area contributed by atoms with Crippen LogP contribution in [0.1, 0.15) is 17.7 Å². The molecule has 5 heteroatoms. The van der Waals surface area contributed by atoms with Crippen molar-refractivity contribution in [2.75, 3.05) is 0 Å². The lowest BCUT2D eigenvalue weighted by Crippen LogP contribution is -2.10. The van der Waals surface area contributed by atoms with E-state index in [-0.39, 0.29) is 11.5 Å². The van der Waals surface area contributed by atoms with Gasteiger partial charge in [-0.3, -0.25) is 9.59 Å². The molecule has 0 unspecified atom stereocenters. The van der Waals surface area contributed by atoms with Gasteiger partial charge in [-0.15, -0.1) is 0 Å². The number of carbonyl (C=O) groups excluding carboxylic acids is 1. The zero-order valence-electron chi connectivity index (χ0n) is 13.9. The van der Waals surface area contributed by atoms with E-state index in [4.69, 9.17) is 4.74 Å². The Balaban J connectivity index is 1.69. The molecule has 0 spiro atoms. The minimum absolute atomic E-state index is 0.215. The number of ether oxygens (including phenoxy) is 1. The third-order valence-corrected chi connectivity index (χ3v) is 3.67. The Morgan fingerprint density at radius 3 is 2.64 bits per heavy atom.